The first kappa shape index (κ1) is 20.2. The van der Waals surface area contributed by atoms with E-state index in [1.807, 2.05) is 52.2 Å². The van der Waals surface area contributed by atoms with Crippen LogP contribution in [0.5, 0.6) is 5.75 Å². The number of carbonyl (C=O) groups excluding carboxylic acids is 1. The van der Waals surface area contributed by atoms with Crippen molar-refractivity contribution in [1.82, 2.24) is 20.0 Å². The van der Waals surface area contributed by atoms with Crippen molar-refractivity contribution >= 4 is 5.91 Å². The Labute approximate surface area is 177 Å². The van der Waals surface area contributed by atoms with Crippen LogP contribution >= 0.6 is 0 Å². The molecule has 3 aromatic rings. The van der Waals surface area contributed by atoms with Gasteiger partial charge in [-0.1, -0.05) is 24.3 Å². The van der Waals surface area contributed by atoms with Crippen molar-refractivity contribution in [2.24, 2.45) is 0 Å². The number of likely N-dealkylation sites (tertiary alicyclic amines) is 1. The van der Waals surface area contributed by atoms with Crippen molar-refractivity contribution in [2.75, 3.05) is 13.7 Å². The van der Waals surface area contributed by atoms with E-state index in [9.17, 15) is 4.79 Å². The summed E-state index contributed by atoms with van der Waals surface area (Å²) in [7, 11) is 1.68. The smallest absolute Gasteiger partial charge is 0.223 e. The number of benzene rings is 2. The molecule has 1 aromatic heterocycles. The van der Waals surface area contributed by atoms with E-state index < -0.39 is 0 Å². The lowest BCUT2D eigenvalue weighted by Crippen LogP contribution is -2.34. The lowest BCUT2D eigenvalue weighted by atomic mass is 10.1. The molecule has 2 heterocycles. The molecule has 1 aliphatic heterocycles. The molecule has 1 atom stereocenters. The molecule has 1 N–H and O–H groups in total. The van der Waals surface area contributed by atoms with Gasteiger partial charge in [0.15, 0.2) is 0 Å². The topological polar surface area (TPSA) is 59.4 Å². The third kappa shape index (κ3) is 4.89. The van der Waals surface area contributed by atoms with Crippen LogP contribution in [0.3, 0.4) is 0 Å². The molecule has 4 rings (SSSR count). The number of aromatic nitrogens is 2. The zero-order valence-corrected chi connectivity index (χ0v) is 17.3. The van der Waals surface area contributed by atoms with E-state index in [0.717, 1.165) is 42.9 Å². The Morgan fingerprint density at radius 3 is 2.77 bits per heavy atom. The number of amides is 1. The van der Waals surface area contributed by atoms with Crippen molar-refractivity contribution in [3.8, 4) is 11.4 Å². The number of nitrogens with one attached hydrogen (secondary N) is 1. The van der Waals surface area contributed by atoms with E-state index in [2.05, 4.69) is 28.6 Å². The zero-order chi connectivity index (χ0) is 20.8. The summed E-state index contributed by atoms with van der Waals surface area (Å²) in [4.78, 5) is 14.5. The van der Waals surface area contributed by atoms with Crippen LogP contribution in [-0.4, -0.2) is 40.3 Å². The van der Waals surface area contributed by atoms with Crippen molar-refractivity contribution in [3.05, 3.63) is 78.1 Å². The second kappa shape index (κ2) is 9.59. The maximum atomic E-state index is 12.4. The molecule has 6 heteroatoms. The van der Waals surface area contributed by atoms with E-state index in [-0.39, 0.29) is 5.91 Å². The molecule has 30 heavy (non-hydrogen) atoms. The van der Waals surface area contributed by atoms with Gasteiger partial charge in [-0.05, 0) is 60.8 Å². The van der Waals surface area contributed by atoms with E-state index in [1.165, 1.54) is 5.56 Å². The average molecular weight is 405 g/mol. The highest BCUT2D eigenvalue weighted by atomic mass is 16.5. The minimum absolute atomic E-state index is 0.254. The molecule has 0 aliphatic carbocycles. The Morgan fingerprint density at radius 1 is 1.13 bits per heavy atom. The van der Waals surface area contributed by atoms with Gasteiger partial charge in [-0.3, -0.25) is 4.79 Å². The Kier molecular flexibility index (Phi) is 6.44. The molecule has 1 saturated heterocycles. The molecule has 156 valence electrons. The summed E-state index contributed by atoms with van der Waals surface area (Å²) in [6.07, 6.45) is 6.23. The molecule has 0 radical (unpaired) electrons. The number of rotatable bonds is 9. The van der Waals surface area contributed by atoms with Gasteiger partial charge in [-0.2, -0.15) is 5.10 Å². The van der Waals surface area contributed by atoms with Gasteiger partial charge in [-0.15, -0.1) is 0 Å². The Balaban J connectivity index is 1.29. The molecule has 1 fully saturated rings. The maximum Gasteiger partial charge on any atom is 0.223 e. The average Bonchev–Trinajstić information content (AvgIpc) is 3.43. The molecular weight excluding hydrogens is 376 g/mol. The summed E-state index contributed by atoms with van der Waals surface area (Å²) in [5, 5.41) is 7.75. The Bertz CT molecular complexity index is 954. The summed E-state index contributed by atoms with van der Waals surface area (Å²) < 4.78 is 7.11. The number of hydrogen-bond donors (Lipinski definition) is 1. The molecule has 1 unspecified atom stereocenters. The van der Waals surface area contributed by atoms with Crippen LogP contribution < -0.4 is 10.1 Å². The van der Waals surface area contributed by atoms with Crippen LogP contribution in [0.4, 0.5) is 0 Å². The normalized spacial score (nSPS) is 16.2. The van der Waals surface area contributed by atoms with Gasteiger partial charge in [0.2, 0.25) is 5.91 Å². The number of methoxy groups -OCH3 is 1. The molecule has 1 aliphatic rings. The van der Waals surface area contributed by atoms with Crippen molar-refractivity contribution < 1.29 is 9.53 Å². The third-order valence-corrected chi connectivity index (χ3v) is 5.63. The Hall–Kier alpha value is -3.12. The van der Waals surface area contributed by atoms with E-state index >= 15 is 0 Å². The fourth-order valence-corrected chi connectivity index (χ4v) is 3.97. The zero-order valence-electron chi connectivity index (χ0n) is 17.3. The summed E-state index contributed by atoms with van der Waals surface area (Å²) in [6.45, 7) is 2.34. The molecule has 0 saturated carbocycles. The maximum absolute atomic E-state index is 12.4. The van der Waals surface area contributed by atoms with Crippen molar-refractivity contribution in [3.63, 3.8) is 0 Å². The minimum atomic E-state index is 0.254. The lowest BCUT2D eigenvalue weighted by molar-refractivity contribution is -0.129. The molecule has 1 amide bonds. The van der Waals surface area contributed by atoms with Gasteiger partial charge >= 0.3 is 0 Å². The number of hydrogen-bond acceptors (Lipinski definition) is 4. The predicted octanol–water partition coefficient (Wildman–Crippen LogP) is 3.55. The van der Waals surface area contributed by atoms with Gasteiger partial charge in [0.05, 0.1) is 12.8 Å². The van der Waals surface area contributed by atoms with E-state index in [4.69, 9.17) is 4.74 Å². The predicted molar refractivity (Wildman–Crippen MR) is 116 cm³/mol. The molecule has 2 aromatic carbocycles. The SMILES string of the molecule is COc1cccc(CNCCC2CCC(=O)N2Cc2ccc(-n3cccn3)cc2)c1. The minimum Gasteiger partial charge on any atom is -0.497 e. The monoisotopic (exact) mass is 404 g/mol. The van der Waals surface area contributed by atoms with Crippen molar-refractivity contribution in [1.29, 1.82) is 0 Å². The Morgan fingerprint density at radius 2 is 2.00 bits per heavy atom. The number of carbonyl (C=O) groups is 1. The lowest BCUT2D eigenvalue weighted by Gasteiger charge is -2.25. The quantitative estimate of drug-likeness (QED) is 0.554. The number of nitrogens with zero attached hydrogens (tertiary/aromatic N) is 3. The van der Waals surface area contributed by atoms with Gasteiger partial charge in [0, 0.05) is 37.9 Å². The van der Waals surface area contributed by atoms with Crippen LogP contribution in [-0.2, 0) is 17.9 Å². The highest BCUT2D eigenvalue weighted by molar-refractivity contribution is 5.78. The van der Waals surface area contributed by atoms with Crippen LogP contribution in [0, 0.1) is 0 Å². The second-order valence-electron chi connectivity index (χ2n) is 7.65. The van der Waals surface area contributed by atoms with Crippen LogP contribution in [0.25, 0.3) is 5.69 Å². The fourth-order valence-electron chi connectivity index (χ4n) is 3.97. The standard InChI is InChI=1S/C24H28N4O2/c1-30-23-5-2-4-20(16-23)17-25-14-12-21-10-11-24(29)27(21)18-19-6-8-22(9-7-19)28-15-3-13-26-28/h2-9,13,15-16,21,25H,10-12,14,17-18H2,1H3. The summed E-state index contributed by atoms with van der Waals surface area (Å²) >= 11 is 0. The highest BCUT2D eigenvalue weighted by Crippen LogP contribution is 2.24. The summed E-state index contributed by atoms with van der Waals surface area (Å²) in [6, 6.07) is 18.6. The third-order valence-electron chi connectivity index (χ3n) is 5.63. The van der Waals surface area contributed by atoms with Crippen LogP contribution in [0.15, 0.2) is 67.0 Å². The molecule has 6 nitrogen and oxygen atoms in total. The first-order valence-corrected chi connectivity index (χ1v) is 10.4. The number of ether oxygens (including phenoxy) is 1. The first-order chi connectivity index (χ1) is 14.7. The van der Waals surface area contributed by atoms with Crippen molar-refractivity contribution in [2.45, 2.75) is 38.4 Å². The van der Waals surface area contributed by atoms with Gasteiger partial charge in [0.25, 0.3) is 0 Å². The fraction of sp³-hybridized carbons (Fsp3) is 0.333. The van der Waals surface area contributed by atoms with Crippen LogP contribution in [0.1, 0.15) is 30.4 Å². The van der Waals surface area contributed by atoms with E-state index in [0.29, 0.717) is 19.0 Å². The second-order valence-corrected chi connectivity index (χ2v) is 7.65. The summed E-state index contributed by atoms with van der Waals surface area (Å²) in [5.74, 6) is 1.13. The van der Waals surface area contributed by atoms with Gasteiger partial charge in [0.1, 0.15) is 5.75 Å². The highest BCUT2D eigenvalue weighted by Gasteiger charge is 2.30. The largest absolute Gasteiger partial charge is 0.497 e. The summed E-state index contributed by atoms with van der Waals surface area (Å²) in [5.41, 5.74) is 3.37. The van der Waals surface area contributed by atoms with Gasteiger partial charge < -0.3 is 15.0 Å². The van der Waals surface area contributed by atoms with Gasteiger partial charge in [-0.25, -0.2) is 4.68 Å². The van der Waals surface area contributed by atoms with Crippen LogP contribution in [0.2, 0.25) is 0 Å². The first-order valence-electron chi connectivity index (χ1n) is 10.4. The van der Waals surface area contributed by atoms with E-state index in [1.54, 1.807) is 13.3 Å². The molecule has 0 spiro atoms. The molecule has 0 bridgehead atoms. The molecular formula is C24H28N4O2.